The number of esters is 1. The number of aliphatic hydroxyl groups excluding tert-OH is 1. The van der Waals surface area contributed by atoms with Crippen molar-refractivity contribution in [2.45, 2.75) is 53.8 Å². The van der Waals surface area contributed by atoms with Crippen LogP contribution in [0.1, 0.15) is 41.5 Å². The third kappa shape index (κ3) is 38.7. The molecule has 8 heteroatoms. The molecule has 26 heavy (non-hydrogen) atoms. The van der Waals surface area contributed by atoms with Crippen LogP contribution in [0.4, 0.5) is 0 Å². The van der Waals surface area contributed by atoms with Gasteiger partial charge in [0, 0.05) is 41.1 Å². The molecule has 0 aliphatic heterocycles. The van der Waals surface area contributed by atoms with E-state index >= 15 is 0 Å². The topological polar surface area (TPSA) is 93.1 Å². The van der Waals surface area contributed by atoms with Crippen LogP contribution in [0.25, 0.3) is 0 Å². The number of hydrogen-bond donors (Lipinski definition) is 2. The molecule has 0 spiro atoms. The van der Waals surface area contributed by atoms with Gasteiger partial charge in [-0.15, -0.1) is 0 Å². The average molecular weight is 506 g/mol. The summed E-state index contributed by atoms with van der Waals surface area (Å²) in [5.41, 5.74) is 0.633. The van der Waals surface area contributed by atoms with Crippen LogP contribution in [-0.2, 0) is 19.1 Å². The molecule has 0 fully saturated rings. The van der Waals surface area contributed by atoms with Gasteiger partial charge in [0.2, 0.25) is 0 Å². The molecule has 0 aliphatic carbocycles. The summed E-state index contributed by atoms with van der Waals surface area (Å²) in [6, 6.07) is 0. The van der Waals surface area contributed by atoms with Crippen LogP contribution >= 0.6 is 31.9 Å². The third-order valence-electron chi connectivity index (χ3n) is 1.66. The second-order valence-electron chi connectivity index (χ2n) is 5.11. The van der Waals surface area contributed by atoms with Gasteiger partial charge in [-0.3, -0.25) is 0 Å². The Morgan fingerprint density at radius 1 is 0.962 bits per heavy atom. The number of alkyl halides is 2. The first-order valence-electron chi connectivity index (χ1n) is 8.08. The van der Waals surface area contributed by atoms with Gasteiger partial charge in [0.25, 0.3) is 0 Å². The monoisotopic (exact) mass is 504 g/mol. The quantitative estimate of drug-likeness (QED) is 0.303. The van der Waals surface area contributed by atoms with Crippen LogP contribution in [0.3, 0.4) is 0 Å². The van der Waals surface area contributed by atoms with Crippen LogP contribution in [0, 0.1) is 0 Å². The molecule has 0 saturated heterocycles. The number of carboxylic acid groups (broad SMARTS) is 1. The zero-order chi connectivity index (χ0) is 21.7. The van der Waals surface area contributed by atoms with Crippen molar-refractivity contribution in [1.29, 1.82) is 0 Å². The summed E-state index contributed by atoms with van der Waals surface area (Å²) in [5, 5.41) is 16.9. The van der Waals surface area contributed by atoms with E-state index in [0.29, 0.717) is 16.2 Å². The van der Waals surface area contributed by atoms with Crippen molar-refractivity contribution in [3.05, 3.63) is 24.3 Å². The van der Waals surface area contributed by atoms with Crippen molar-refractivity contribution in [3.63, 3.8) is 0 Å². The molecule has 0 amide bonds. The number of halogens is 2. The van der Waals surface area contributed by atoms with Crippen molar-refractivity contribution < 1.29 is 29.3 Å². The molecule has 0 radical (unpaired) electrons. The third-order valence-corrected chi connectivity index (χ3v) is 3.02. The fourth-order valence-corrected chi connectivity index (χ4v) is 1.08. The van der Waals surface area contributed by atoms with E-state index in [2.05, 4.69) is 45.0 Å². The minimum absolute atomic E-state index is 0.0664. The van der Waals surface area contributed by atoms with E-state index in [9.17, 15) is 9.59 Å². The molecule has 0 aliphatic rings. The minimum atomic E-state index is -0.947. The standard InChI is InChI=1S/C7H11BrO2.C4H5BrO2.C4H10O.C3H8O/c1-5(2)10-7(9)6(3)4-8;1-3(2-5)4(6)7;1-3-5-4-2;1-3(2)4/h5H,3-4H2,1-2H3;1-2H2,(H,6,7);3-4H2,1-2H3;3-4H,1-2H3. The first kappa shape index (κ1) is 32.9. The average Bonchev–Trinajstić information content (AvgIpc) is 2.53. The molecule has 0 saturated carbocycles. The van der Waals surface area contributed by atoms with Gasteiger partial charge in [-0.2, -0.15) is 0 Å². The molecule has 0 aromatic rings. The maximum Gasteiger partial charge on any atom is 0.334 e. The molecule has 0 aromatic carbocycles. The molecule has 2 N–H and O–H groups in total. The normalized spacial score (nSPS) is 8.88. The van der Waals surface area contributed by atoms with Crippen LogP contribution < -0.4 is 0 Å². The molecule has 0 rings (SSSR count). The maximum absolute atomic E-state index is 10.8. The van der Waals surface area contributed by atoms with E-state index < -0.39 is 5.97 Å². The number of aliphatic hydroxyl groups is 1. The molecule has 0 heterocycles. The van der Waals surface area contributed by atoms with Crippen molar-refractivity contribution in [1.82, 2.24) is 0 Å². The molecule has 0 atom stereocenters. The largest absolute Gasteiger partial charge is 0.478 e. The molecular formula is C18H34Br2O6. The fraction of sp³-hybridized carbons (Fsp3) is 0.667. The van der Waals surface area contributed by atoms with E-state index in [1.165, 1.54) is 0 Å². The SMILES string of the molecule is C=C(CBr)C(=O)O.C=C(CBr)C(=O)OC(C)C.CC(C)O.CCOCC. The first-order chi connectivity index (χ1) is 11.9. The molecule has 6 nitrogen and oxygen atoms in total. The Bertz CT molecular complexity index is 377. The van der Waals surface area contributed by atoms with Crippen molar-refractivity contribution in [3.8, 4) is 0 Å². The molecule has 156 valence electrons. The van der Waals surface area contributed by atoms with E-state index in [-0.39, 0.29) is 23.8 Å². The van der Waals surface area contributed by atoms with Gasteiger partial charge in [0.1, 0.15) is 0 Å². The van der Waals surface area contributed by atoms with Crippen LogP contribution in [0.2, 0.25) is 0 Å². The zero-order valence-corrected chi connectivity index (χ0v) is 19.9. The predicted octanol–water partition coefficient (Wildman–Crippen LogP) is 4.34. The number of rotatable bonds is 7. The summed E-state index contributed by atoms with van der Waals surface area (Å²) in [5.74, 6) is -1.27. The van der Waals surface area contributed by atoms with E-state index in [1.807, 2.05) is 13.8 Å². The smallest absolute Gasteiger partial charge is 0.334 e. The predicted molar refractivity (Wildman–Crippen MR) is 114 cm³/mol. The number of aliphatic carboxylic acids is 1. The summed E-state index contributed by atoms with van der Waals surface area (Å²) in [6.45, 7) is 19.5. The zero-order valence-electron chi connectivity index (χ0n) is 16.7. The summed E-state index contributed by atoms with van der Waals surface area (Å²) in [6.07, 6.45) is -0.233. The highest BCUT2D eigenvalue weighted by atomic mass is 79.9. The molecule has 0 unspecified atom stereocenters. The van der Waals surface area contributed by atoms with Crippen LogP contribution in [-0.4, -0.2) is 58.2 Å². The number of ether oxygens (including phenoxy) is 2. The maximum atomic E-state index is 10.8. The van der Waals surface area contributed by atoms with Gasteiger partial charge in [0.05, 0.1) is 6.10 Å². The second-order valence-corrected chi connectivity index (χ2v) is 6.23. The lowest BCUT2D eigenvalue weighted by Crippen LogP contribution is -2.13. The highest BCUT2D eigenvalue weighted by Gasteiger charge is 2.07. The Balaban J connectivity index is -0.000000133. The number of carboxylic acids is 1. The highest BCUT2D eigenvalue weighted by Crippen LogP contribution is 2.01. The summed E-state index contributed by atoms with van der Waals surface area (Å²) >= 11 is 6.04. The summed E-state index contributed by atoms with van der Waals surface area (Å²) < 4.78 is 9.67. The van der Waals surface area contributed by atoms with Gasteiger partial charge < -0.3 is 19.7 Å². The number of carbonyl (C=O) groups is 2. The number of carbonyl (C=O) groups excluding carboxylic acids is 1. The Hall–Kier alpha value is -0.700. The van der Waals surface area contributed by atoms with Crippen LogP contribution in [0.5, 0.6) is 0 Å². The number of hydrogen-bond acceptors (Lipinski definition) is 5. The van der Waals surface area contributed by atoms with E-state index in [4.69, 9.17) is 19.7 Å². The van der Waals surface area contributed by atoms with Crippen molar-refractivity contribution >= 4 is 43.8 Å². The van der Waals surface area contributed by atoms with Crippen LogP contribution in [0.15, 0.2) is 24.3 Å². The lowest BCUT2D eigenvalue weighted by atomic mass is 10.3. The van der Waals surface area contributed by atoms with E-state index in [1.54, 1.807) is 27.7 Å². The van der Waals surface area contributed by atoms with Crippen molar-refractivity contribution in [2.24, 2.45) is 0 Å². The summed E-state index contributed by atoms with van der Waals surface area (Å²) in [7, 11) is 0. The van der Waals surface area contributed by atoms with Crippen molar-refractivity contribution in [2.75, 3.05) is 23.9 Å². The first-order valence-corrected chi connectivity index (χ1v) is 10.3. The molecule has 0 aromatic heterocycles. The minimum Gasteiger partial charge on any atom is -0.478 e. The lowest BCUT2D eigenvalue weighted by molar-refractivity contribution is -0.142. The Kier molecular flexibility index (Phi) is 30.8. The van der Waals surface area contributed by atoms with Gasteiger partial charge in [-0.1, -0.05) is 45.0 Å². The Morgan fingerprint density at radius 3 is 1.42 bits per heavy atom. The van der Waals surface area contributed by atoms with E-state index in [0.717, 1.165) is 13.2 Å². The van der Waals surface area contributed by atoms with Gasteiger partial charge in [-0.25, -0.2) is 9.59 Å². The van der Waals surface area contributed by atoms with Gasteiger partial charge >= 0.3 is 11.9 Å². The Morgan fingerprint density at radius 2 is 1.31 bits per heavy atom. The molecular weight excluding hydrogens is 472 g/mol. The molecule has 0 bridgehead atoms. The van der Waals surface area contributed by atoms with Gasteiger partial charge in [0.15, 0.2) is 0 Å². The van der Waals surface area contributed by atoms with Gasteiger partial charge in [-0.05, 0) is 41.5 Å². The lowest BCUT2D eigenvalue weighted by Gasteiger charge is -2.07. The second kappa shape index (κ2) is 24.3. The fourth-order valence-electron chi connectivity index (χ4n) is 0.613. The Labute approximate surface area is 174 Å². The summed E-state index contributed by atoms with van der Waals surface area (Å²) in [4.78, 5) is 20.6. The highest BCUT2D eigenvalue weighted by molar-refractivity contribution is 9.09.